The molecule has 0 N–H and O–H groups in total. The Kier molecular flexibility index (Phi) is 15.1. The smallest absolute Gasteiger partial charge is 0.201 e. The molecule has 2 nitrogen and oxygen atoms in total. The fourth-order valence-electron chi connectivity index (χ4n) is 5.80. The number of hydrogen-bond acceptors (Lipinski definition) is 2. The van der Waals surface area contributed by atoms with E-state index < -0.39 is 11.6 Å². The van der Waals surface area contributed by atoms with Crippen molar-refractivity contribution in [3.05, 3.63) is 96.6 Å². The SMILES string of the molecule is CCCCCCCCCCCCOc1ccc(-c2ccc(-c3ccc(-c4ccc(OCCCCCC)c(F)c4F)cc3)cc2)cc1. The standard InChI is InChI=1S/C42H52F2O2/c1-3-5-7-9-10-11-12-13-14-16-31-45-38-27-25-36(26-28-38)34-19-17-33(18-20-34)35-21-23-37(24-22-35)39-29-30-40(42(44)41(39)43)46-32-15-8-6-4-2/h17-30H,3-16,31-32H2,1-2H3. The number of halogens is 2. The highest BCUT2D eigenvalue weighted by Gasteiger charge is 2.16. The van der Waals surface area contributed by atoms with Crippen molar-refractivity contribution in [1.29, 1.82) is 0 Å². The van der Waals surface area contributed by atoms with E-state index in [-0.39, 0.29) is 11.3 Å². The van der Waals surface area contributed by atoms with Gasteiger partial charge >= 0.3 is 0 Å². The van der Waals surface area contributed by atoms with Gasteiger partial charge in [0.1, 0.15) is 5.75 Å². The average molecular weight is 627 g/mol. The molecule has 0 heterocycles. The van der Waals surface area contributed by atoms with Gasteiger partial charge in [0.25, 0.3) is 0 Å². The predicted octanol–water partition coefficient (Wildman–Crippen LogP) is 13.2. The lowest BCUT2D eigenvalue weighted by Crippen LogP contribution is -2.01. The van der Waals surface area contributed by atoms with Crippen molar-refractivity contribution in [2.75, 3.05) is 13.2 Å². The summed E-state index contributed by atoms with van der Waals surface area (Å²) in [5.74, 6) is -0.919. The van der Waals surface area contributed by atoms with Crippen LogP contribution in [0.1, 0.15) is 104 Å². The summed E-state index contributed by atoms with van der Waals surface area (Å²) in [5, 5.41) is 0. The summed E-state index contributed by atoms with van der Waals surface area (Å²) in [4.78, 5) is 0. The van der Waals surface area contributed by atoms with Gasteiger partial charge in [0.15, 0.2) is 11.6 Å². The van der Waals surface area contributed by atoms with Gasteiger partial charge in [-0.3, -0.25) is 0 Å². The Morgan fingerprint density at radius 2 is 0.783 bits per heavy atom. The third-order valence-corrected chi connectivity index (χ3v) is 8.67. The molecule has 0 unspecified atom stereocenters. The summed E-state index contributed by atoms with van der Waals surface area (Å²) in [6.45, 7) is 5.56. The summed E-state index contributed by atoms with van der Waals surface area (Å²) in [6.07, 6.45) is 17.3. The van der Waals surface area contributed by atoms with Gasteiger partial charge in [-0.1, -0.05) is 152 Å². The zero-order chi connectivity index (χ0) is 32.4. The maximum atomic E-state index is 14.9. The van der Waals surface area contributed by atoms with E-state index in [2.05, 4.69) is 50.2 Å². The lowest BCUT2D eigenvalue weighted by atomic mass is 9.98. The first kappa shape index (κ1) is 35.2. The lowest BCUT2D eigenvalue weighted by molar-refractivity contribution is 0.285. The molecule has 0 fully saturated rings. The van der Waals surface area contributed by atoms with Crippen LogP contribution in [0, 0.1) is 11.6 Å². The topological polar surface area (TPSA) is 18.5 Å². The summed E-state index contributed by atoms with van der Waals surface area (Å²) < 4.78 is 41.1. The van der Waals surface area contributed by atoms with Crippen LogP contribution in [-0.2, 0) is 0 Å². The zero-order valence-electron chi connectivity index (χ0n) is 28.0. The van der Waals surface area contributed by atoms with E-state index in [0.717, 1.165) is 66.7 Å². The molecule has 0 aromatic heterocycles. The molecule has 0 saturated carbocycles. The highest BCUT2D eigenvalue weighted by molar-refractivity contribution is 5.74. The van der Waals surface area contributed by atoms with Crippen LogP contribution in [0.3, 0.4) is 0 Å². The zero-order valence-corrected chi connectivity index (χ0v) is 28.0. The third-order valence-electron chi connectivity index (χ3n) is 8.67. The molecule has 0 saturated heterocycles. The summed E-state index contributed by atoms with van der Waals surface area (Å²) in [7, 11) is 0. The molecule has 0 radical (unpaired) electrons. The van der Waals surface area contributed by atoms with E-state index in [1.165, 1.54) is 63.9 Å². The lowest BCUT2D eigenvalue weighted by Gasteiger charge is -2.11. The Labute approximate surface area is 276 Å². The van der Waals surface area contributed by atoms with Crippen molar-refractivity contribution < 1.29 is 18.3 Å². The average Bonchev–Trinajstić information content (AvgIpc) is 3.09. The van der Waals surface area contributed by atoms with Gasteiger partial charge in [0.05, 0.1) is 13.2 Å². The van der Waals surface area contributed by atoms with Crippen molar-refractivity contribution in [2.24, 2.45) is 0 Å². The van der Waals surface area contributed by atoms with Crippen LogP contribution < -0.4 is 9.47 Å². The van der Waals surface area contributed by atoms with Gasteiger partial charge in [-0.2, -0.15) is 4.39 Å². The van der Waals surface area contributed by atoms with E-state index in [4.69, 9.17) is 9.47 Å². The van der Waals surface area contributed by atoms with E-state index in [0.29, 0.717) is 12.2 Å². The minimum absolute atomic E-state index is 0.0269. The van der Waals surface area contributed by atoms with Crippen LogP contribution in [0.5, 0.6) is 11.5 Å². The molecule has 4 aromatic carbocycles. The molecule has 46 heavy (non-hydrogen) atoms. The minimum Gasteiger partial charge on any atom is -0.494 e. The third kappa shape index (κ3) is 11.0. The molecule has 0 atom stereocenters. The molecule has 0 spiro atoms. The fraction of sp³-hybridized carbons (Fsp3) is 0.429. The number of rotatable bonds is 21. The van der Waals surface area contributed by atoms with Crippen LogP contribution in [0.4, 0.5) is 8.78 Å². The minimum atomic E-state index is -0.929. The van der Waals surface area contributed by atoms with Crippen molar-refractivity contribution in [2.45, 2.75) is 104 Å². The first-order valence-electron chi connectivity index (χ1n) is 17.7. The quantitative estimate of drug-likeness (QED) is 0.0857. The Morgan fingerprint density at radius 3 is 1.28 bits per heavy atom. The van der Waals surface area contributed by atoms with Gasteiger partial charge in [-0.25, -0.2) is 4.39 Å². The Balaban J connectivity index is 1.23. The second-order valence-electron chi connectivity index (χ2n) is 12.4. The number of ether oxygens (including phenoxy) is 2. The number of benzene rings is 4. The summed E-state index contributed by atoms with van der Waals surface area (Å²) in [6, 6.07) is 27.4. The number of unbranched alkanes of at least 4 members (excludes halogenated alkanes) is 12. The van der Waals surface area contributed by atoms with Gasteiger partial charge < -0.3 is 9.47 Å². The molecule has 4 heteroatoms. The normalized spacial score (nSPS) is 11.1. The molecule has 0 aliphatic heterocycles. The van der Waals surface area contributed by atoms with E-state index in [9.17, 15) is 8.78 Å². The molecule has 4 rings (SSSR count). The van der Waals surface area contributed by atoms with Crippen LogP contribution >= 0.6 is 0 Å². The largest absolute Gasteiger partial charge is 0.494 e. The molecule has 0 amide bonds. The van der Waals surface area contributed by atoms with E-state index in [1.54, 1.807) is 6.07 Å². The van der Waals surface area contributed by atoms with Crippen LogP contribution in [0.15, 0.2) is 84.9 Å². The number of hydrogen-bond donors (Lipinski definition) is 0. The second kappa shape index (κ2) is 19.8. The summed E-state index contributed by atoms with van der Waals surface area (Å²) >= 11 is 0. The van der Waals surface area contributed by atoms with Crippen LogP contribution in [-0.4, -0.2) is 13.2 Å². The van der Waals surface area contributed by atoms with Crippen molar-refractivity contribution in [3.8, 4) is 44.9 Å². The second-order valence-corrected chi connectivity index (χ2v) is 12.4. The monoisotopic (exact) mass is 626 g/mol. The maximum Gasteiger partial charge on any atom is 0.201 e. The highest BCUT2D eigenvalue weighted by atomic mass is 19.2. The first-order chi connectivity index (χ1) is 22.6. The molecular weight excluding hydrogens is 574 g/mol. The fourth-order valence-corrected chi connectivity index (χ4v) is 5.80. The van der Waals surface area contributed by atoms with Crippen molar-refractivity contribution in [1.82, 2.24) is 0 Å². The predicted molar refractivity (Wildman–Crippen MR) is 190 cm³/mol. The highest BCUT2D eigenvalue weighted by Crippen LogP contribution is 2.32. The van der Waals surface area contributed by atoms with E-state index >= 15 is 0 Å². The Hall–Kier alpha value is -3.66. The molecule has 4 aromatic rings. The molecule has 0 bridgehead atoms. The maximum absolute atomic E-state index is 14.9. The summed E-state index contributed by atoms with van der Waals surface area (Å²) in [5.41, 5.74) is 5.20. The van der Waals surface area contributed by atoms with Crippen molar-refractivity contribution in [3.63, 3.8) is 0 Å². The van der Waals surface area contributed by atoms with Crippen molar-refractivity contribution >= 4 is 0 Å². The molecule has 0 aliphatic carbocycles. The van der Waals surface area contributed by atoms with Gasteiger partial charge in [-0.15, -0.1) is 0 Å². The van der Waals surface area contributed by atoms with Crippen LogP contribution in [0.2, 0.25) is 0 Å². The molecule has 0 aliphatic rings. The molecular formula is C42H52F2O2. The first-order valence-corrected chi connectivity index (χ1v) is 17.7. The van der Waals surface area contributed by atoms with Gasteiger partial charge in [0, 0.05) is 5.56 Å². The van der Waals surface area contributed by atoms with Gasteiger partial charge in [-0.05, 0) is 64.9 Å². The van der Waals surface area contributed by atoms with Crippen LogP contribution in [0.25, 0.3) is 33.4 Å². The van der Waals surface area contributed by atoms with Gasteiger partial charge in [0.2, 0.25) is 5.82 Å². The van der Waals surface area contributed by atoms with E-state index in [1.807, 2.05) is 36.4 Å². The molecule has 246 valence electrons. The Morgan fingerprint density at radius 1 is 0.391 bits per heavy atom. The Bertz CT molecular complexity index is 1410.